The highest BCUT2D eigenvalue weighted by Crippen LogP contribution is 2.41. The van der Waals surface area contributed by atoms with Gasteiger partial charge in [0.1, 0.15) is 0 Å². The average Bonchev–Trinajstić information content (AvgIpc) is 2.39. The second-order valence-electron chi connectivity index (χ2n) is 6.53. The van der Waals surface area contributed by atoms with E-state index in [-0.39, 0.29) is 23.7 Å². The monoisotopic (exact) mass is 244 g/mol. The molecule has 4 heteroatoms. The van der Waals surface area contributed by atoms with Gasteiger partial charge in [0.15, 0.2) is 0 Å². The van der Waals surface area contributed by atoms with E-state index < -0.39 is 14.0 Å². The number of aliphatic carboxylic acids is 1. The lowest BCUT2D eigenvalue weighted by Gasteiger charge is -2.33. The van der Waals surface area contributed by atoms with Crippen molar-refractivity contribution < 1.29 is 14.6 Å². The minimum atomic E-state index is -1.48. The van der Waals surface area contributed by atoms with Gasteiger partial charge in [-0.1, -0.05) is 19.6 Å². The van der Waals surface area contributed by atoms with Crippen LogP contribution in [-0.4, -0.2) is 30.9 Å². The summed E-state index contributed by atoms with van der Waals surface area (Å²) in [5.41, 5.74) is 0.160. The van der Waals surface area contributed by atoms with Gasteiger partial charge in [-0.25, -0.2) is 0 Å². The van der Waals surface area contributed by atoms with Crippen LogP contribution in [0.1, 0.15) is 33.1 Å². The van der Waals surface area contributed by atoms with Crippen LogP contribution in [0.3, 0.4) is 0 Å². The predicted octanol–water partition coefficient (Wildman–Crippen LogP) is 3.13. The van der Waals surface area contributed by atoms with E-state index in [2.05, 4.69) is 33.5 Å². The lowest BCUT2D eigenvalue weighted by molar-refractivity contribution is -0.138. The van der Waals surface area contributed by atoms with E-state index in [1.165, 1.54) is 0 Å². The summed E-state index contributed by atoms with van der Waals surface area (Å²) in [6, 6.07) is 0. The van der Waals surface area contributed by atoms with Crippen molar-refractivity contribution in [2.45, 2.75) is 70.0 Å². The van der Waals surface area contributed by atoms with Crippen LogP contribution in [0.15, 0.2) is 0 Å². The average molecular weight is 244 g/mol. The molecule has 0 bridgehead atoms. The molecule has 0 saturated carbocycles. The predicted molar refractivity (Wildman–Crippen MR) is 67.5 cm³/mol. The molecule has 1 fully saturated rings. The number of hydrogen-bond acceptors (Lipinski definition) is 2. The minimum Gasteiger partial charge on any atom is -0.481 e. The van der Waals surface area contributed by atoms with E-state index in [1.807, 2.05) is 0 Å². The molecular formula is C12H24O3Si. The molecule has 0 radical (unpaired) electrons. The molecule has 94 valence electrons. The first-order valence-corrected chi connectivity index (χ1v) is 9.59. The first-order chi connectivity index (χ1) is 7.12. The standard InChI is InChI=1S/C12H24O3Si/c1-12(2)7-6-9(15-12)10(8-11(13)14)16(3,4)5/h9-10H,6-8H2,1-5H3,(H,13,14). The van der Waals surface area contributed by atoms with Crippen molar-refractivity contribution in [3.05, 3.63) is 0 Å². The number of hydrogen-bond donors (Lipinski definition) is 1. The largest absolute Gasteiger partial charge is 0.481 e. The first-order valence-electron chi connectivity index (χ1n) is 6.01. The second kappa shape index (κ2) is 4.49. The van der Waals surface area contributed by atoms with E-state index in [9.17, 15) is 4.79 Å². The zero-order chi connectivity index (χ0) is 12.6. The fraction of sp³-hybridized carbons (Fsp3) is 0.917. The molecule has 0 aliphatic carbocycles. The Morgan fingerprint density at radius 1 is 1.50 bits per heavy atom. The van der Waals surface area contributed by atoms with Gasteiger partial charge in [-0.3, -0.25) is 4.79 Å². The molecule has 2 unspecified atom stereocenters. The fourth-order valence-electron chi connectivity index (χ4n) is 2.48. The maximum absolute atomic E-state index is 10.9. The van der Waals surface area contributed by atoms with Gasteiger partial charge < -0.3 is 9.84 Å². The highest BCUT2D eigenvalue weighted by atomic mass is 28.3. The van der Waals surface area contributed by atoms with Gasteiger partial charge in [0.25, 0.3) is 0 Å². The molecule has 3 nitrogen and oxygen atoms in total. The van der Waals surface area contributed by atoms with E-state index in [0.29, 0.717) is 0 Å². The Labute approximate surface area is 99.2 Å². The van der Waals surface area contributed by atoms with Crippen molar-refractivity contribution in [3.63, 3.8) is 0 Å². The normalized spacial score (nSPS) is 26.7. The van der Waals surface area contributed by atoms with Crippen LogP contribution >= 0.6 is 0 Å². The second-order valence-corrected chi connectivity index (χ2v) is 12.0. The molecule has 1 rings (SSSR count). The van der Waals surface area contributed by atoms with Gasteiger partial charge in [-0.2, -0.15) is 0 Å². The van der Waals surface area contributed by atoms with Crippen molar-refractivity contribution >= 4 is 14.0 Å². The summed E-state index contributed by atoms with van der Waals surface area (Å²) in [7, 11) is -1.48. The van der Waals surface area contributed by atoms with Crippen LogP contribution < -0.4 is 0 Å². The molecule has 2 atom stereocenters. The third kappa shape index (κ3) is 3.59. The fourth-order valence-corrected chi connectivity index (χ4v) is 4.62. The number of carboxylic acids is 1. The summed E-state index contributed by atoms with van der Waals surface area (Å²) < 4.78 is 6.01. The summed E-state index contributed by atoms with van der Waals surface area (Å²) in [5, 5.41) is 9.00. The summed E-state index contributed by atoms with van der Waals surface area (Å²) in [6.45, 7) is 10.9. The van der Waals surface area contributed by atoms with Crippen molar-refractivity contribution in [1.82, 2.24) is 0 Å². The molecule has 1 aliphatic heterocycles. The van der Waals surface area contributed by atoms with Gasteiger partial charge in [0, 0.05) is 6.42 Å². The van der Waals surface area contributed by atoms with Gasteiger partial charge in [0.05, 0.1) is 19.8 Å². The molecule has 0 aromatic heterocycles. The molecular weight excluding hydrogens is 220 g/mol. The van der Waals surface area contributed by atoms with Crippen molar-refractivity contribution in [2.24, 2.45) is 0 Å². The van der Waals surface area contributed by atoms with Crippen LogP contribution in [0.4, 0.5) is 0 Å². The van der Waals surface area contributed by atoms with Crippen molar-refractivity contribution in [1.29, 1.82) is 0 Å². The first kappa shape index (κ1) is 13.7. The molecule has 1 heterocycles. The number of rotatable bonds is 4. The summed E-state index contributed by atoms with van der Waals surface area (Å²) >= 11 is 0. The molecule has 0 spiro atoms. The zero-order valence-corrected chi connectivity index (χ0v) is 12.0. The third-order valence-corrected chi connectivity index (χ3v) is 6.26. The summed E-state index contributed by atoms with van der Waals surface area (Å²) in [4.78, 5) is 10.9. The number of carbonyl (C=O) groups is 1. The minimum absolute atomic E-state index is 0.0684. The number of ether oxygens (including phenoxy) is 1. The Hall–Kier alpha value is -0.353. The topological polar surface area (TPSA) is 46.5 Å². The van der Waals surface area contributed by atoms with Crippen molar-refractivity contribution in [3.8, 4) is 0 Å². The third-order valence-electron chi connectivity index (χ3n) is 3.46. The van der Waals surface area contributed by atoms with E-state index in [0.717, 1.165) is 12.8 Å². The summed E-state index contributed by atoms with van der Waals surface area (Å²) in [5.74, 6) is -0.694. The summed E-state index contributed by atoms with van der Waals surface area (Å²) in [6.07, 6.45) is 2.46. The molecule has 1 saturated heterocycles. The van der Waals surface area contributed by atoms with Crippen molar-refractivity contribution in [2.75, 3.05) is 0 Å². The smallest absolute Gasteiger partial charge is 0.303 e. The SMILES string of the molecule is CC1(C)CCC(C(CC(=O)O)[Si](C)(C)C)O1. The number of carboxylic acid groups (broad SMARTS) is 1. The van der Waals surface area contributed by atoms with Gasteiger partial charge in [-0.15, -0.1) is 0 Å². The zero-order valence-electron chi connectivity index (χ0n) is 11.0. The maximum Gasteiger partial charge on any atom is 0.303 e. The van der Waals surface area contributed by atoms with Crippen LogP contribution in [0.25, 0.3) is 0 Å². The Morgan fingerprint density at radius 2 is 2.06 bits per heavy atom. The quantitative estimate of drug-likeness (QED) is 0.773. The molecule has 1 aliphatic rings. The van der Waals surface area contributed by atoms with Crippen LogP contribution in [0.2, 0.25) is 25.2 Å². The van der Waals surface area contributed by atoms with E-state index in [1.54, 1.807) is 0 Å². The Morgan fingerprint density at radius 3 is 2.38 bits per heavy atom. The van der Waals surface area contributed by atoms with Gasteiger partial charge >= 0.3 is 5.97 Å². The van der Waals surface area contributed by atoms with Crippen LogP contribution in [-0.2, 0) is 9.53 Å². The van der Waals surface area contributed by atoms with Gasteiger partial charge in [0.2, 0.25) is 0 Å². The Bertz CT molecular complexity index is 268. The Balaban J connectivity index is 2.75. The van der Waals surface area contributed by atoms with Crippen LogP contribution in [0, 0.1) is 0 Å². The highest BCUT2D eigenvalue weighted by molar-refractivity contribution is 6.77. The Kier molecular flexibility index (Phi) is 3.85. The van der Waals surface area contributed by atoms with E-state index in [4.69, 9.17) is 9.84 Å². The molecule has 0 aromatic rings. The van der Waals surface area contributed by atoms with Crippen LogP contribution in [0.5, 0.6) is 0 Å². The molecule has 16 heavy (non-hydrogen) atoms. The lowest BCUT2D eigenvalue weighted by atomic mass is 10.0. The maximum atomic E-state index is 10.9. The molecule has 1 N–H and O–H groups in total. The molecule has 0 aromatic carbocycles. The lowest BCUT2D eigenvalue weighted by Crippen LogP contribution is -2.38. The van der Waals surface area contributed by atoms with Gasteiger partial charge in [-0.05, 0) is 32.2 Å². The highest BCUT2D eigenvalue weighted by Gasteiger charge is 2.42. The molecule has 0 amide bonds. The van der Waals surface area contributed by atoms with E-state index >= 15 is 0 Å².